The molecule has 5 nitrogen and oxygen atoms in total. The Hall–Kier alpha value is -3.31. The third-order valence-corrected chi connectivity index (χ3v) is 7.63. The van der Waals surface area contributed by atoms with Gasteiger partial charge in [-0.15, -0.1) is 0 Å². The molecule has 0 atom stereocenters. The van der Waals surface area contributed by atoms with Crippen LogP contribution in [0.25, 0.3) is 0 Å². The van der Waals surface area contributed by atoms with Crippen LogP contribution in [-0.2, 0) is 21.0 Å². The Morgan fingerprint density at radius 1 is 0.833 bits per heavy atom. The first kappa shape index (κ1) is 25.8. The van der Waals surface area contributed by atoms with Crippen molar-refractivity contribution >= 4 is 15.7 Å². The monoisotopic (exact) mass is 524 g/mol. The van der Waals surface area contributed by atoms with Crippen molar-refractivity contribution in [2.75, 3.05) is 13.1 Å². The summed E-state index contributed by atoms with van der Waals surface area (Å²) in [6.45, 7) is 0.0249. The van der Waals surface area contributed by atoms with Crippen molar-refractivity contribution in [2.45, 2.75) is 30.0 Å². The number of oxime groups is 1. The molecule has 1 fully saturated rings. The average Bonchev–Trinajstić information content (AvgIpc) is 2.86. The van der Waals surface area contributed by atoms with Crippen LogP contribution in [0, 0.1) is 11.6 Å². The number of alkyl halides is 3. The molecule has 0 spiro atoms. The summed E-state index contributed by atoms with van der Waals surface area (Å²) in [6.07, 6.45) is -5.00. The summed E-state index contributed by atoms with van der Waals surface area (Å²) in [6, 6.07) is 14.8. The highest BCUT2D eigenvalue weighted by molar-refractivity contribution is 7.89. The van der Waals surface area contributed by atoms with Crippen molar-refractivity contribution in [2.24, 2.45) is 5.16 Å². The van der Waals surface area contributed by atoms with Crippen LogP contribution in [-0.4, -0.2) is 31.5 Å². The van der Waals surface area contributed by atoms with Crippen molar-refractivity contribution in [1.82, 2.24) is 4.31 Å². The number of hydrogen-bond donors (Lipinski definition) is 0. The van der Waals surface area contributed by atoms with Crippen molar-refractivity contribution in [3.8, 4) is 0 Å². The Kier molecular flexibility index (Phi) is 7.41. The lowest BCUT2D eigenvalue weighted by Gasteiger charge is -2.27. The fraction of sp³-hybridized carbons (Fsp3) is 0.240. The van der Waals surface area contributed by atoms with Gasteiger partial charge in [-0.3, -0.25) is 0 Å². The van der Waals surface area contributed by atoms with Crippen molar-refractivity contribution in [3.63, 3.8) is 0 Å². The van der Waals surface area contributed by atoms with Gasteiger partial charge in [0.05, 0.1) is 16.2 Å². The summed E-state index contributed by atoms with van der Waals surface area (Å²) in [7, 11) is -4.13. The average molecular weight is 525 g/mol. The molecule has 0 saturated carbocycles. The topological polar surface area (TPSA) is 59.0 Å². The summed E-state index contributed by atoms with van der Waals surface area (Å²) in [5.41, 5.74) is 0.678. The lowest BCUT2D eigenvalue weighted by atomic mass is 10.0. The van der Waals surface area contributed by atoms with E-state index in [9.17, 15) is 30.4 Å². The molecule has 1 saturated heterocycles. The lowest BCUT2D eigenvalue weighted by molar-refractivity contribution is -0.137. The van der Waals surface area contributed by atoms with Crippen molar-refractivity contribution in [1.29, 1.82) is 0 Å². The van der Waals surface area contributed by atoms with E-state index in [1.807, 2.05) is 0 Å². The molecule has 190 valence electrons. The zero-order valence-electron chi connectivity index (χ0n) is 18.8. The molecule has 11 heteroatoms. The van der Waals surface area contributed by atoms with Crippen LogP contribution >= 0.6 is 0 Å². The molecular formula is C25H21F5N2O3S. The van der Waals surface area contributed by atoms with Crippen LogP contribution < -0.4 is 0 Å². The lowest BCUT2D eigenvalue weighted by Crippen LogP contribution is -2.38. The van der Waals surface area contributed by atoms with Crippen molar-refractivity contribution < 1.29 is 35.2 Å². The quantitative estimate of drug-likeness (QED) is 0.297. The molecule has 0 aliphatic carbocycles. The van der Waals surface area contributed by atoms with E-state index < -0.39 is 44.4 Å². The molecule has 0 N–H and O–H groups in total. The molecule has 0 amide bonds. The summed E-state index contributed by atoms with van der Waals surface area (Å²) in [5.74, 6) is -0.866. The van der Waals surface area contributed by atoms with E-state index in [2.05, 4.69) is 5.16 Å². The van der Waals surface area contributed by atoms with Gasteiger partial charge in [0.2, 0.25) is 10.0 Å². The van der Waals surface area contributed by atoms with E-state index in [1.165, 1.54) is 48.5 Å². The van der Waals surface area contributed by atoms with Gasteiger partial charge in [0.15, 0.2) is 6.10 Å². The highest BCUT2D eigenvalue weighted by Gasteiger charge is 2.34. The van der Waals surface area contributed by atoms with E-state index in [4.69, 9.17) is 4.84 Å². The SMILES string of the molecule is O=S(=O)(c1cccc(C(F)(F)F)c1)N1CCC(=NOC(c2ccc(F)cc2)c2ccc(F)cc2)CC1. The number of piperidine rings is 1. The van der Waals surface area contributed by atoms with E-state index in [1.54, 1.807) is 0 Å². The minimum Gasteiger partial charge on any atom is -0.383 e. The molecule has 0 aromatic heterocycles. The fourth-order valence-corrected chi connectivity index (χ4v) is 5.26. The van der Waals surface area contributed by atoms with Gasteiger partial charge in [-0.25, -0.2) is 17.2 Å². The second-order valence-corrected chi connectivity index (χ2v) is 10.1. The molecule has 36 heavy (non-hydrogen) atoms. The van der Waals surface area contributed by atoms with Gasteiger partial charge in [-0.1, -0.05) is 35.5 Å². The van der Waals surface area contributed by atoms with Gasteiger partial charge in [0.25, 0.3) is 0 Å². The number of nitrogens with zero attached hydrogens (tertiary/aromatic N) is 2. The highest BCUT2D eigenvalue weighted by atomic mass is 32.2. The Bertz CT molecular complexity index is 1290. The number of benzene rings is 3. The molecule has 1 heterocycles. The van der Waals surface area contributed by atoms with Gasteiger partial charge in [-0.2, -0.15) is 17.5 Å². The maximum absolute atomic E-state index is 13.4. The third-order valence-electron chi connectivity index (χ3n) is 5.73. The second-order valence-electron chi connectivity index (χ2n) is 8.18. The highest BCUT2D eigenvalue weighted by Crippen LogP contribution is 2.32. The van der Waals surface area contributed by atoms with Crippen LogP contribution in [0.5, 0.6) is 0 Å². The van der Waals surface area contributed by atoms with Gasteiger partial charge in [0.1, 0.15) is 11.6 Å². The first-order chi connectivity index (χ1) is 17.0. The Morgan fingerprint density at radius 3 is 1.86 bits per heavy atom. The Balaban J connectivity index is 1.48. The Labute approximate surface area is 204 Å². The van der Waals surface area contributed by atoms with E-state index in [-0.39, 0.29) is 25.9 Å². The molecular weight excluding hydrogens is 503 g/mol. The molecule has 0 bridgehead atoms. The molecule has 1 aliphatic heterocycles. The smallest absolute Gasteiger partial charge is 0.383 e. The van der Waals surface area contributed by atoms with E-state index in [0.29, 0.717) is 22.9 Å². The van der Waals surface area contributed by atoms with E-state index in [0.717, 1.165) is 22.5 Å². The van der Waals surface area contributed by atoms with Crippen LogP contribution in [0.15, 0.2) is 82.8 Å². The fourth-order valence-electron chi connectivity index (χ4n) is 3.77. The van der Waals surface area contributed by atoms with Gasteiger partial charge in [0, 0.05) is 25.9 Å². The number of hydrogen-bond acceptors (Lipinski definition) is 4. The van der Waals surface area contributed by atoms with Gasteiger partial charge >= 0.3 is 6.18 Å². The predicted octanol–water partition coefficient (Wildman–Crippen LogP) is 5.93. The summed E-state index contributed by atoms with van der Waals surface area (Å²) >= 11 is 0. The summed E-state index contributed by atoms with van der Waals surface area (Å²) < 4.78 is 92.7. The molecule has 1 aliphatic rings. The van der Waals surface area contributed by atoms with Crippen LogP contribution in [0.3, 0.4) is 0 Å². The normalized spacial score (nSPS) is 15.2. The maximum Gasteiger partial charge on any atom is 0.416 e. The molecule has 0 unspecified atom stereocenters. The van der Waals surface area contributed by atoms with Gasteiger partial charge < -0.3 is 4.84 Å². The van der Waals surface area contributed by atoms with Crippen LogP contribution in [0.4, 0.5) is 22.0 Å². The number of sulfonamides is 1. The van der Waals surface area contributed by atoms with Crippen molar-refractivity contribution in [3.05, 3.63) is 101 Å². The second kappa shape index (κ2) is 10.4. The van der Waals surface area contributed by atoms with E-state index >= 15 is 0 Å². The maximum atomic E-state index is 13.4. The predicted molar refractivity (Wildman–Crippen MR) is 123 cm³/mol. The molecule has 0 radical (unpaired) electrons. The first-order valence-corrected chi connectivity index (χ1v) is 12.4. The molecule has 3 aromatic rings. The number of halogens is 5. The summed E-state index contributed by atoms with van der Waals surface area (Å²) in [5, 5.41) is 4.18. The van der Waals surface area contributed by atoms with Gasteiger partial charge in [-0.05, 0) is 53.6 Å². The zero-order chi connectivity index (χ0) is 25.9. The first-order valence-electron chi connectivity index (χ1n) is 10.9. The summed E-state index contributed by atoms with van der Waals surface area (Å²) in [4.78, 5) is 5.31. The largest absolute Gasteiger partial charge is 0.416 e. The minimum atomic E-state index is -4.66. The standard InChI is InChI=1S/C25H21F5N2O3S/c26-20-8-4-17(5-9-20)24(18-6-10-21(27)11-7-18)35-31-22-12-14-32(15-13-22)36(33,34)23-3-1-2-19(16-23)25(28,29)30/h1-11,16,24H,12-15H2. The third kappa shape index (κ3) is 5.90. The van der Waals surface area contributed by atoms with Crippen LogP contribution in [0.2, 0.25) is 0 Å². The molecule has 4 rings (SSSR count). The Morgan fingerprint density at radius 2 is 1.36 bits per heavy atom. The number of rotatable bonds is 6. The minimum absolute atomic E-state index is 0.0124. The molecule has 3 aromatic carbocycles. The zero-order valence-corrected chi connectivity index (χ0v) is 19.6. The van der Waals surface area contributed by atoms with Crippen LogP contribution in [0.1, 0.15) is 35.6 Å².